The van der Waals surface area contributed by atoms with Gasteiger partial charge in [-0.25, -0.2) is 23.7 Å². The van der Waals surface area contributed by atoms with Crippen molar-refractivity contribution in [2.24, 2.45) is 5.92 Å². The maximum absolute atomic E-state index is 14.0. The van der Waals surface area contributed by atoms with Crippen molar-refractivity contribution in [3.05, 3.63) is 72.8 Å². The standard InChI is InChI=1S/C27H28F2N6S/c1-34(2)16-18-7-9-35(10-8-18)27-23-12-19(3-5-25(23)31-17-32-27)20-11-22(15-30-14-20)33-36-26-6-4-21(28)13-24(26)29/h3-6,11-15,17-18,33H,7-10,16H2,1-2H3/p+1. The summed E-state index contributed by atoms with van der Waals surface area (Å²) in [4.78, 5) is 17.3. The Morgan fingerprint density at radius 2 is 1.86 bits per heavy atom. The molecule has 0 unspecified atom stereocenters. The van der Waals surface area contributed by atoms with Crippen LogP contribution in [0, 0.1) is 17.6 Å². The molecule has 0 bridgehead atoms. The van der Waals surface area contributed by atoms with Crippen LogP contribution in [0.1, 0.15) is 12.8 Å². The van der Waals surface area contributed by atoms with Crippen LogP contribution in [0.2, 0.25) is 0 Å². The molecule has 0 atom stereocenters. The molecule has 6 nitrogen and oxygen atoms in total. The van der Waals surface area contributed by atoms with E-state index < -0.39 is 11.6 Å². The molecular weight excluding hydrogens is 478 g/mol. The van der Waals surface area contributed by atoms with Gasteiger partial charge in [-0.3, -0.25) is 0 Å². The van der Waals surface area contributed by atoms with Crippen molar-refractivity contribution in [2.75, 3.05) is 43.4 Å². The lowest BCUT2D eigenvalue weighted by Crippen LogP contribution is -2.37. The normalized spacial score (nSPS) is 14.5. The smallest absolute Gasteiger partial charge is 0.191 e. The quantitative estimate of drug-likeness (QED) is 0.343. The highest BCUT2D eigenvalue weighted by atomic mass is 32.2. The molecule has 2 aromatic heterocycles. The minimum atomic E-state index is -0.597. The first-order valence-electron chi connectivity index (χ1n) is 12.0. The number of H-pyrrole nitrogens is 1. The third-order valence-corrected chi connectivity index (χ3v) is 7.34. The lowest BCUT2D eigenvalue weighted by Gasteiger charge is -2.34. The Labute approximate surface area is 213 Å². The molecule has 0 amide bonds. The number of aromatic nitrogens is 3. The molecule has 1 aliphatic rings. The SMILES string of the molecule is CN(C)CC1CCN(c2ncnc3ccc(-c4c[nH+]cc(NSc5ccc(F)cc5F)c4)cc23)CC1. The van der Waals surface area contributed by atoms with Gasteiger partial charge < -0.3 is 14.5 Å². The van der Waals surface area contributed by atoms with E-state index in [-0.39, 0.29) is 0 Å². The van der Waals surface area contributed by atoms with Crippen LogP contribution in [0.4, 0.5) is 20.3 Å². The number of halogens is 2. The fourth-order valence-electron chi connectivity index (χ4n) is 4.69. The van der Waals surface area contributed by atoms with Crippen LogP contribution in [0.25, 0.3) is 22.0 Å². The van der Waals surface area contributed by atoms with Gasteiger partial charge in [-0.2, -0.15) is 0 Å². The summed E-state index contributed by atoms with van der Waals surface area (Å²) in [6.07, 6.45) is 7.67. The fraction of sp³-hybridized carbons (Fsp3) is 0.296. The zero-order valence-corrected chi connectivity index (χ0v) is 21.2. The zero-order chi connectivity index (χ0) is 25.1. The highest BCUT2D eigenvalue weighted by Crippen LogP contribution is 2.32. The zero-order valence-electron chi connectivity index (χ0n) is 20.3. The molecule has 4 aromatic rings. The number of anilines is 2. The molecule has 186 valence electrons. The van der Waals surface area contributed by atoms with Gasteiger partial charge in [0.1, 0.15) is 29.5 Å². The molecule has 5 rings (SSSR count). The number of pyridine rings is 1. The summed E-state index contributed by atoms with van der Waals surface area (Å²) in [6.45, 7) is 3.09. The maximum Gasteiger partial charge on any atom is 0.191 e. The van der Waals surface area contributed by atoms with E-state index in [9.17, 15) is 8.78 Å². The highest BCUT2D eigenvalue weighted by molar-refractivity contribution is 8.00. The van der Waals surface area contributed by atoms with Gasteiger partial charge in [0, 0.05) is 36.7 Å². The van der Waals surface area contributed by atoms with Crippen LogP contribution in [-0.4, -0.2) is 48.6 Å². The van der Waals surface area contributed by atoms with Crippen LogP contribution in [0.3, 0.4) is 0 Å². The molecule has 9 heteroatoms. The largest absolute Gasteiger partial charge is 0.356 e. The Bertz CT molecular complexity index is 1360. The van der Waals surface area contributed by atoms with E-state index in [2.05, 4.69) is 49.6 Å². The number of hydrogen-bond acceptors (Lipinski definition) is 6. The Hall–Kier alpha value is -3.30. The predicted molar refractivity (Wildman–Crippen MR) is 141 cm³/mol. The van der Waals surface area contributed by atoms with Crippen LogP contribution in [0.15, 0.2) is 66.1 Å². The first kappa shape index (κ1) is 24.4. The van der Waals surface area contributed by atoms with Gasteiger partial charge in [-0.15, -0.1) is 0 Å². The number of fused-ring (bicyclic) bond motifs is 1. The minimum absolute atomic E-state index is 0.323. The number of piperidine rings is 1. The lowest BCUT2D eigenvalue weighted by molar-refractivity contribution is -0.376. The molecule has 36 heavy (non-hydrogen) atoms. The maximum atomic E-state index is 14.0. The summed E-state index contributed by atoms with van der Waals surface area (Å²) in [5.41, 5.74) is 3.69. The van der Waals surface area contributed by atoms with Crippen molar-refractivity contribution in [3.63, 3.8) is 0 Å². The monoisotopic (exact) mass is 507 g/mol. The molecule has 0 saturated carbocycles. The molecular formula is C27H29F2N6S+. The molecule has 1 saturated heterocycles. The highest BCUT2D eigenvalue weighted by Gasteiger charge is 2.22. The summed E-state index contributed by atoms with van der Waals surface area (Å²) < 4.78 is 30.3. The fourth-order valence-corrected chi connectivity index (χ4v) is 5.33. The first-order valence-corrected chi connectivity index (χ1v) is 12.8. The van der Waals surface area contributed by atoms with Gasteiger partial charge in [0.15, 0.2) is 12.4 Å². The molecule has 2 aromatic carbocycles. The van der Waals surface area contributed by atoms with E-state index in [1.165, 1.54) is 12.1 Å². The van der Waals surface area contributed by atoms with Gasteiger partial charge in [-0.05, 0) is 80.7 Å². The topological polar surface area (TPSA) is 58.4 Å². The molecule has 1 aliphatic heterocycles. The number of aromatic amines is 1. The summed E-state index contributed by atoms with van der Waals surface area (Å²) in [6, 6.07) is 11.7. The number of hydrogen-bond donors (Lipinski definition) is 1. The van der Waals surface area contributed by atoms with E-state index in [4.69, 9.17) is 0 Å². The van der Waals surface area contributed by atoms with Crippen LogP contribution in [-0.2, 0) is 0 Å². The van der Waals surface area contributed by atoms with Crippen LogP contribution < -0.4 is 14.6 Å². The summed E-state index contributed by atoms with van der Waals surface area (Å²) in [5.74, 6) is 0.503. The third kappa shape index (κ3) is 5.57. The second kappa shape index (κ2) is 10.8. The van der Waals surface area contributed by atoms with Crippen LogP contribution >= 0.6 is 11.9 Å². The Morgan fingerprint density at radius 3 is 2.64 bits per heavy atom. The average Bonchev–Trinajstić information content (AvgIpc) is 2.88. The molecule has 2 N–H and O–H groups in total. The predicted octanol–water partition coefficient (Wildman–Crippen LogP) is 5.29. The Morgan fingerprint density at radius 1 is 1.03 bits per heavy atom. The molecule has 0 radical (unpaired) electrons. The second-order valence-electron chi connectivity index (χ2n) is 9.41. The van der Waals surface area contributed by atoms with E-state index in [0.717, 1.165) is 84.0 Å². The minimum Gasteiger partial charge on any atom is -0.356 e. The summed E-state index contributed by atoms with van der Waals surface area (Å²) >= 11 is 1.10. The summed E-state index contributed by atoms with van der Waals surface area (Å²) in [5, 5.41) is 1.03. The lowest BCUT2D eigenvalue weighted by atomic mass is 9.96. The van der Waals surface area contributed by atoms with Crippen molar-refractivity contribution < 1.29 is 13.8 Å². The number of nitrogens with zero attached hydrogens (tertiary/aromatic N) is 4. The van der Waals surface area contributed by atoms with E-state index >= 15 is 0 Å². The molecule has 0 spiro atoms. The van der Waals surface area contributed by atoms with E-state index in [1.807, 2.05) is 24.4 Å². The van der Waals surface area contributed by atoms with Crippen molar-refractivity contribution in [2.45, 2.75) is 17.7 Å². The third-order valence-electron chi connectivity index (χ3n) is 6.45. The van der Waals surface area contributed by atoms with Gasteiger partial charge in [-0.1, -0.05) is 6.07 Å². The van der Waals surface area contributed by atoms with Gasteiger partial charge in [0.05, 0.1) is 10.4 Å². The number of nitrogens with one attached hydrogen (secondary N) is 2. The Balaban J connectivity index is 1.36. The summed E-state index contributed by atoms with van der Waals surface area (Å²) in [7, 11) is 4.26. The van der Waals surface area contributed by atoms with Crippen molar-refractivity contribution in [1.82, 2.24) is 14.9 Å². The molecule has 3 heterocycles. The van der Waals surface area contributed by atoms with Crippen molar-refractivity contribution in [1.29, 1.82) is 0 Å². The van der Waals surface area contributed by atoms with Gasteiger partial charge >= 0.3 is 0 Å². The van der Waals surface area contributed by atoms with Crippen molar-refractivity contribution >= 4 is 34.4 Å². The van der Waals surface area contributed by atoms with Gasteiger partial charge in [0.25, 0.3) is 0 Å². The first-order chi connectivity index (χ1) is 17.5. The van der Waals surface area contributed by atoms with Gasteiger partial charge in [0.2, 0.25) is 0 Å². The average molecular weight is 508 g/mol. The van der Waals surface area contributed by atoms with E-state index in [1.54, 1.807) is 12.5 Å². The number of rotatable bonds is 7. The van der Waals surface area contributed by atoms with Crippen molar-refractivity contribution in [3.8, 4) is 11.1 Å². The van der Waals surface area contributed by atoms with E-state index in [0.29, 0.717) is 10.8 Å². The number of benzene rings is 2. The Kier molecular flexibility index (Phi) is 7.29. The molecule has 1 fully saturated rings. The second-order valence-corrected chi connectivity index (χ2v) is 10.3. The van der Waals surface area contributed by atoms with Crippen LogP contribution in [0.5, 0.6) is 0 Å². The molecule has 0 aliphatic carbocycles.